The summed E-state index contributed by atoms with van der Waals surface area (Å²) in [7, 11) is -1.47. The Balaban J connectivity index is 2.26. The molecule has 0 saturated carbocycles. The number of hydrogen-bond acceptors (Lipinski definition) is 4. The van der Waals surface area contributed by atoms with Gasteiger partial charge in [-0.05, 0) is 31.5 Å². The van der Waals surface area contributed by atoms with Gasteiger partial charge in [0.25, 0.3) is 0 Å². The minimum atomic E-state index is -3.32. The lowest BCUT2D eigenvalue weighted by atomic mass is 10.0. The molecular formula is C15H28N2O2S2. The number of unbranched alkanes of at least 4 members (excludes halogenated alkanes) is 3. The topological polar surface area (TPSA) is 58.2 Å². The van der Waals surface area contributed by atoms with Crippen molar-refractivity contribution in [1.29, 1.82) is 0 Å². The van der Waals surface area contributed by atoms with Gasteiger partial charge in [0.05, 0.1) is 0 Å². The Morgan fingerprint density at radius 2 is 1.86 bits per heavy atom. The van der Waals surface area contributed by atoms with Crippen molar-refractivity contribution >= 4 is 21.4 Å². The zero-order valence-corrected chi connectivity index (χ0v) is 14.9. The fraction of sp³-hybridized carbons (Fsp3) is 0.733. The van der Waals surface area contributed by atoms with Gasteiger partial charge in [0.1, 0.15) is 4.21 Å². The summed E-state index contributed by atoms with van der Waals surface area (Å²) >= 11 is 1.33. The Morgan fingerprint density at radius 3 is 2.52 bits per heavy atom. The van der Waals surface area contributed by atoms with Crippen molar-refractivity contribution in [2.75, 3.05) is 13.6 Å². The SMILES string of the molecule is CNCc1ccc(S(=O)(=O)NCCCCCCC(C)C)s1. The van der Waals surface area contributed by atoms with Crippen LogP contribution < -0.4 is 10.0 Å². The van der Waals surface area contributed by atoms with Crippen LogP contribution in [0.4, 0.5) is 0 Å². The summed E-state index contributed by atoms with van der Waals surface area (Å²) in [5.74, 6) is 0.758. The molecule has 122 valence electrons. The van der Waals surface area contributed by atoms with E-state index in [0.29, 0.717) is 17.3 Å². The zero-order chi connectivity index (χ0) is 15.7. The molecule has 0 atom stereocenters. The second-order valence-corrected chi connectivity index (χ2v) is 8.91. The third kappa shape index (κ3) is 7.40. The standard InChI is InChI=1S/C15H28N2O2S2/c1-13(2)8-6-4-5-7-11-17-21(18,19)15-10-9-14(20-15)12-16-3/h9-10,13,16-17H,4-8,11-12H2,1-3H3. The number of rotatable bonds is 11. The molecule has 1 aromatic heterocycles. The fourth-order valence-corrected chi connectivity index (χ4v) is 4.57. The maximum Gasteiger partial charge on any atom is 0.250 e. The van der Waals surface area contributed by atoms with Gasteiger partial charge in [0.2, 0.25) is 10.0 Å². The molecule has 6 heteroatoms. The van der Waals surface area contributed by atoms with E-state index in [1.165, 1.54) is 30.6 Å². The van der Waals surface area contributed by atoms with Crippen LogP contribution in [-0.4, -0.2) is 22.0 Å². The lowest BCUT2D eigenvalue weighted by Crippen LogP contribution is -2.23. The van der Waals surface area contributed by atoms with Crippen molar-refractivity contribution < 1.29 is 8.42 Å². The molecule has 0 aliphatic rings. The summed E-state index contributed by atoms with van der Waals surface area (Å²) in [5.41, 5.74) is 0. The van der Waals surface area contributed by atoms with Crippen molar-refractivity contribution in [2.45, 2.75) is 56.7 Å². The second-order valence-electron chi connectivity index (χ2n) is 5.75. The highest BCUT2D eigenvalue weighted by atomic mass is 32.2. The largest absolute Gasteiger partial charge is 0.315 e. The maximum absolute atomic E-state index is 12.1. The Morgan fingerprint density at radius 1 is 1.14 bits per heavy atom. The van der Waals surface area contributed by atoms with Gasteiger partial charge in [-0.25, -0.2) is 13.1 Å². The van der Waals surface area contributed by atoms with Gasteiger partial charge < -0.3 is 5.32 Å². The van der Waals surface area contributed by atoms with Crippen LogP contribution in [0.2, 0.25) is 0 Å². The third-order valence-electron chi connectivity index (χ3n) is 3.25. The highest BCUT2D eigenvalue weighted by Gasteiger charge is 2.15. The lowest BCUT2D eigenvalue weighted by molar-refractivity contribution is 0.517. The van der Waals surface area contributed by atoms with Gasteiger partial charge in [-0.15, -0.1) is 11.3 Å². The Hall–Kier alpha value is -0.430. The van der Waals surface area contributed by atoms with Crippen LogP contribution in [-0.2, 0) is 16.6 Å². The Labute approximate surface area is 133 Å². The van der Waals surface area contributed by atoms with E-state index < -0.39 is 10.0 Å². The van der Waals surface area contributed by atoms with Crippen LogP contribution in [0.5, 0.6) is 0 Å². The monoisotopic (exact) mass is 332 g/mol. The van der Waals surface area contributed by atoms with E-state index in [2.05, 4.69) is 23.9 Å². The molecule has 0 saturated heterocycles. The molecular weight excluding hydrogens is 304 g/mol. The third-order valence-corrected chi connectivity index (χ3v) is 6.29. The van der Waals surface area contributed by atoms with Gasteiger partial charge in [-0.3, -0.25) is 0 Å². The van der Waals surface area contributed by atoms with Crippen LogP contribution in [0.25, 0.3) is 0 Å². The second kappa shape index (κ2) is 9.56. The van der Waals surface area contributed by atoms with E-state index in [1.807, 2.05) is 13.1 Å². The smallest absolute Gasteiger partial charge is 0.250 e. The van der Waals surface area contributed by atoms with Crippen molar-refractivity contribution in [3.63, 3.8) is 0 Å². The average Bonchev–Trinajstić information content (AvgIpc) is 2.87. The van der Waals surface area contributed by atoms with E-state index in [1.54, 1.807) is 6.07 Å². The molecule has 0 amide bonds. The lowest BCUT2D eigenvalue weighted by Gasteiger charge is -2.06. The fourth-order valence-electron chi connectivity index (χ4n) is 2.08. The molecule has 1 rings (SSSR count). The number of thiophene rings is 1. The summed E-state index contributed by atoms with van der Waals surface area (Å²) in [6.07, 6.45) is 5.68. The average molecular weight is 333 g/mol. The van der Waals surface area contributed by atoms with Crippen molar-refractivity contribution in [3.05, 3.63) is 17.0 Å². The van der Waals surface area contributed by atoms with Crippen molar-refractivity contribution in [3.8, 4) is 0 Å². The molecule has 0 fully saturated rings. The summed E-state index contributed by atoms with van der Waals surface area (Å²) in [6.45, 7) is 5.70. The molecule has 4 nitrogen and oxygen atoms in total. The van der Waals surface area contributed by atoms with Crippen LogP contribution in [0, 0.1) is 5.92 Å². The molecule has 21 heavy (non-hydrogen) atoms. The summed E-state index contributed by atoms with van der Waals surface area (Å²) in [4.78, 5) is 1.03. The molecule has 0 bridgehead atoms. The van der Waals surface area contributed by atoms with E-state index in [-0.39, 0.29) is 0 Å². The van der Waals surface area contributed by atoms with Gasteiger partial charge >= 0.3 is 0 Å². The molecule has 0 radical (unpaired) electrons. The van der Waals surface area contributed by atoms with E-state index >= 15 is 0 Å². The van der Waals surface area contributed by atoms with Crippen molar-refractivity contribution in [2.24, 2.45) is 5.92 Å². The predicted octanol–water partition coefficient (Wildman–Crippen LogP) is 3.35. The molecule has 0 unspecified atom stereocenters. The zero-order valence-electron chi connectivity index (χ0n) is 13.3. The summed E-state index contributed by atoms with van der Waals surface area (Å²) in [5, 5.41) is 3.02. The first-order valence-electron chi connectivity index (χ1n) is 7.68. The minimum Gasteiger partial charge on any atom is -0.315 e. The molecule has 1 aromatic rings. The normalized spacial score (nSPS) is 12.2. The number of nitrogens with one attached hydrogen (secondary N) is 2. The Kier molecular flexibility index (Phi) is 8.48. The quantitative estimate of drug-likeness (QED) is 0.611. The van der Waals surface area contributed by atoms with Gasteiger partial charge in [0, 0.05) is 18.0 Å². The van der Waals surface area contributed by atoms with Crippen LogP contribution in [0.15, 0.2) is 16.3 Å². The van der Waals surface area contributed by atoms with Gasteiger partial charge in [-0.2, -0.15) is 0 Å². The first-order valence-corrected chi connectivity index (χ1v) is 9.98. The molecule has 0 aliphatic carbocycles. The van der Waals surface area contributed by atoms with E-state index in [9.17, 15) is 8.42 Å². The predicted molar refractivity (Wildman–Crippen MR) is 90.2 cm³/mol. The first-order chi connectivity index (χ1) is 9.95. The van der Waals surface area contributed by atoms with Crippen LogP contribution in [0.3, 0.4) is 0 Å². The highest BCUT2D eigenvalue weighted by Crippen LogP contribution is 2.21. The van der Waals surface area contributed by atoms with Crippen LogP contribution >= 0.6 is 11.3 Å². The molecule has 1 heterocycles. The van der Waals surface area contributed by atoms with Gasteiger partial charge in [-0.1, -0.05) is 39.5 Å². The molecule has 0 aromatic carbocycles. The highest BCUT2D eigenvalue weighted by molar-refractivity contribution is 7.91. The van der Waals surface area contributed by atoms with Crippen molar-refractivity contribution in [1.82, 2.24) is 10.0 Å². The van der Waals surface area contributed by atoms with E-state index in [4.69, 9.17) is 0 Å². The first kappa shape index (κ1) is 18.6. The molecule has 2 N–H and O–H groups in total. The summed E-state index contributed by atoms with van der Waals surface area (Å²) in [6, 6.07) is 3.55. The number of sulfonamides is 1. The van der Waals surface area contributed by atoms with E-state index in [0.717, 1.165) is 23.6 Å². The molecule has 0 spiro atoms. The van der Waals surface area contributed by atoms with Crippen LogP contribution in [0.1, 0.15) is 50.8 Å². The minimum absolute atomic E-state index is 0.410. The molecule has 0 aliphatic heterocycles. The Bertz CT molecular complexity index is 496. The maximum atomic E-state index is 12.1. The van der Waals surface area contributed by atoms with Gasteiger partial charge in [0.15, 0.2) is 0 Å². The summed E-state index contributed by atoms with van der Waals surface area (Å²) < 4.78 is 27.3. The number of hydrogen-bond donors (Lipinski definition) is 2.